The molecule has 2 aromatic rings. The lowest BCUT2D eigenvalue weighted by Gasteiger charge is -2.11. The quantitative estimate of drug-likeness (QED) is 0.895. The lowest BCUT2D eigenvalue weighted by atomic mass is 10.1. The van der Waals surface area contributed by atoms with Crippen LogP contribution in [0.4, 0.5) is 0 Å². The number of nitrogens with zero attached hydrogens (tertiary/aromatic N) is 2. The molecule has 0 saturated carbocycles. The van der Waals surface area contributed by atoms with Gasteiger partial charge in [-0.15, -0.1) is 0 Å². The average Bonchev–Trinajstić information content (AvgIpc) is 2.41. The van der Waals surface area contributed by atoms with Crippen molar-refractivity contribution in [3.05, 3.63) is 47.9 Å². The van der Waals surface area contributed by atoms with E-state index in [9.17, 15) is 0 Å². The Morgan fingerprint density at radius 3 is 2.50 bits per heavy atom. The second-order valence-electron chi connectivity index (χ2n) is 4.51. The number of benzene rings is 1. The summed E-state index contributed by atoms with van der Waals surface area (Å²) in [5, 5.41) is 0. The normalized spacial score (nSPS) is 12.4. The Balaban J connectivity index is 2.34. The third kappa shape index (κ3) is 2.74. The van der Waals surface area contributed by atoms with Crippen LogP contribution in [0.1, 0.15) is 30.7 Å². The molecule has 0 radical (unpaired) electrons. The molecule has 0 amide bonds. The summed E-state index contributed by atoms with van der Waals surface area (Å²) in [7, 11) is 0. The van der Waals surface area contributed by atoms with Crippen LogP contribution in [-0.4, -0.2) is 16.5 Å². The van der Waals surface area contributed by atoms with Gasteiger partial charge in [0.2, 0.25) is 0 Å². The van der Waals surface area contributed by atoms with Gasteiger partial charge in [-0.25, -0.2) is 9.97 Å². The molecule has 0 aliphatic rings. The summed E-state index contributed by atoms with van der Waals surface area (Å²) in [6, 6.07) is 10.3. The summed E-state index contributed by atoms with van der Waals surface area (Å²) >= 11 is 0. The number of nitrogens with two attached hydrogens (primary N) is 1. The van der Waals surface area contributed by atoms with Crippen LogP contribution >= 0.6 is 0 Å². The number of aryl methyl sites for hydroxylation is 1. The Labute approximate surface area is 108 Å². The molecule has 1 aromatic carbocycles. The number of aromatic nitrogens is 2. The van der Waals surface area contributed by atoms with E-state index >= 15 is 0 Å². The molecule has 0 aliphatic heterocycles. The van der Waals surface area contributed by atoms with E-state index in [1.807, 2.05) is 12.3 Å². The van der Waals surface area contributed by atoms with Gasteiger partial charge in [0.15, 0.2) is 0 Å². The molecule has 1 heterocycles. The molecule has 3 nitrogen and oxygen atoms in total. The van der Waals surface area contributed by atoms with Crippen molar-refractivity contribution < 1.29 is 0 Å². The van der Waals surface area contributed by atoms with Crippen LogP contribution < -0.4 is 5.73 Å². The molecule has 1 unspecified atom stereocenters. The van der Waals surface area contributed by atoms with E-state index in [0.29, 0.717) is 6.54 Å². The Kier molecular flexibility index (Phi) is 4.05. The van der Waals surface area contributed by atoms with Crippen LogP contribution in [0.25, 0.3) is 11.3 Å². The number of rotatable bonds is 4. The zero-order valence-electron chi connectivity index (χ0n) is 10.9. The van der Waals surface area contributed by atoms with Crippen LogP contribution in [0.15, 0.2) is 36.5 Å². The standard InChI is InChI=1S/C15H19N3/c1-3-12(10-16)15-17-9-8-14(18-15)13-6-4-11(2)5-7-13/h4-9,12H,3,10,16H2,1-2H3. The first-order valence-corrected chi connectivity index (χ1v) is 6.34. The van der Waals surface area contributed by atoms with E-state index in [2.05, 4.69) is 48.1 Å². The first-order valence-electron chi connectivity index (χ1n) is 6.34. The summed E-state index contributed by atoms with van der Waals surface area (Å²) in [6.45, 7) is 4.78. The van der Waals surface area contributed by atoms with Crippen LogP contribution in [0.3, 0.4) is 0 Å². The average molecular weight is 241 g/mol. The fourth-order valence-corrected chi connectivity index (χ4v) is 1.91. The summed E-state index contributed by atoms with van der Waals surface area (Å²) in [4.78, 5) is 8.96. The maximum Gasteiger partial charge on any atom is 0.133 e. The Bertz CT molecular complexity index is 501. The van der Waals surface area contributed by atoms with Gasteiger partial charge in [0.1, 0.15) is 5.82 Å². The van der Waals surface area contributed by atoms with Crippen LogP contribution in [0.2, 0.25) is 0 Å². The van der Waals surface area contributed by atoms with Gasteiger partial charge < -0.3 is 5.73 Å². The van der Waals surface area contributed by atoms with Crippen molar-refractivity contribution in [1.29, 1.82) is 0 Å². The predicted octanol–water partition coefficient (Wildman–Crippen LogP) is 2.90. The third-order valence-electron chi connectivity index (χ3n) is 3.16. The van der Waals surface area contributed by atoms with Crippen LogP contribution in [0, 0.1) is 6.92 Å². The SMILES string of the molecule is CCC(CN)c1nccc(-c2ccc(C)cc2)n1. The van der Waals surface area contributed by atoms with Gasteiger partial charge in [-0.05, 0) is 19.4 Å². The van der Waals surface area contributed by atoms with E-state index in [1.165, 1.54) is 5.56 Å². The topological polar surface area (TPSA) is 51.8 Å². The van der Waals surface area contributed by atoms with E-state index in [-0.39, 0.29) is 5.92 Å². The first kappa shape index (κ1) is 12.7. The largest absolute Gasteiger partial charge is 0.330 e. The molecular weight excluding hydrogens is 222 g/mol. The zero-order chi connectivity index (χ0) is 13.0. The van der Waals surface area contributed by atoms with Crippen LogP contribution in [0.5, 0.6) is 0 Å². The van der Waals surface area contributed by atoms with Gasteiger partial charge in [0, 0.05) is 24.2 Å². The molecule has 2 rings (SSSR count). The monoisotopic (exact) mass is 241 g/mol. The molecule has 1 aromatic heterocycles. The minimum absolute atomic E-state index is 0.246. The van der Waals surface area contributed by atoms with Crippen molar-refractivity contribution in [1.82, 2.24) is 9.97 Å². The molecular formula is C15H19N3. The molecule has 0 fully saturated rings. The highest BCUT2D eigenvalue weighted by Crippen LogP contribution is 2.20. The Hall–Kier alpha value is -1.74. The van der Waals surface area contributed by atoms with Gasteiger partial charge in [-0.3, -0.25) is 0 Å². The lowest BCUT2D eigenvalue weighted by Crippen LogP contribution is -2.14. The molecule has 94 valence electrons. The molecule has 0 aliphatic carbocycles. The lowest BCUT2D eigenvalue weighted by molar-refractivity contribution is 0.631. The summed E-state index contributed by atoms with van der Waals surface area (Å²) in [6.07, 6.45) is 2.78. The van der Waals surface area contributed by atoms with E-state index in [4.69, 9.17) is 5.73 Å². The van der Waals surface area contributed by atoms with Gasteiger partial charge in [-0.1, -0.05) is 36.8 Å². The van der Waals surface area contributed by atoms with Crippen molar-refractivity contribution in [2.75, 3.05) is 6.54 Å². The maximum absolute atomic E-state index is 5.74. The summed E-state index contributed by atoms with van der Waals surface area (Å²) in [5.74, 6) is 1.09. The van der Waals surface area contributed by atoms with E-state index in [0.717, 1.165) is 23.5 Å². The molecule has 0 bridgehead atoms. The van der Waals surface area contributed by atoms with Gasteiger partial charge in [0.05, 0.1) is 5.69 Å². The van der Waals surface area contributed by atoms with E-state index in [1.54, 1.807) is 0 Å². The Morgan fingerprint density at radius 2 is 1.89 bits per heavy atom. The maximum atomic E-state index is 5.74. The highest BCUT2D eigenvalue weighted by Gasteiger charge is 2.11. The summed E-state index contributed by atoms with van der Waals surface area (Å²) in [5.41, 5.74) is 9.08. The molecule has 3 heteroatoms. The van der Waals surface area contributed by atoms with Crippen molar-refractivity contribution in [3.63, 3.8) is 0 Å². The van der Waals surface area contributed by atoms with Crippen molar-refractivity contribution in [2.24, 2.45) is 5.73 Å². The second-order valence-corrected chi connectivity index (χ2v) is 4.51. The number of hydrogen-bond donors (Lipinski definition) is 1. The fourth-order valence-electron chi connectivity index (χ4n) is 1.91. The highest BCUT2D eigenvalue weighted by molar-refractivity contribution is 5.58. The van der Waals surface area contributed by atoms with Gasteiger partial charge >= 0.3 is 0 Å². The molecule has 1 atom stereocenters. The molecule has 0 spiro atoms. The number of hydrogen-bond acceptors (Lipinski definition) is 3. The predicted molar refractivity (Wildman–Crippen MR) is 74.3 cm³/mol. The Morgan fingerprint density at radius 1 is 1.17 bits per heavy atom. The van der Waals surface area contributed by atoms with Crippen molar-refractivity contribution in [3.8, 4) is 11.3 Å². The minimum atomic E-state index is 0.246. The smallest absolute Gasteiger partial charge is 0.133 e. The first-order chi connectivity index (χ1) is 8.74. The van der Waals surface area contributed by atoms with Gasteiger partial charge in [-0.2, -0.15) is 0 Å². The van der Waals surface area contributed by atoms with Crippen LogP contribution in [-0.2, 0) is 0 Å². The highest BCUT2D eigenvalue weighted by atomic mass is 14.9. The molecule has 2 N–H and O–H groups in total. The molecule has 18 heavy (non-hydrogen) atoms. The molecule has 0 saturated heterocycles. The second kappa shape index (κ2) is 5.74. The summed E-state index contributed by atoms with van der Waals surface area (Å²) < 4.78 is 0. The minimum Gasteiger partial charge on any atom is -0.330 e. The van der Waals surface area contributed by atoms with Crippen molar-refractivity contribution >= 4 is 0 Å². The van der Waals surface area contributed by atoms with Gasteiger partial charge in [0.25, 0.3) is 0 Å². The third-order valence-corrected chi connectivity index (χ3v) is 3.16. The van der Waals surface area contributed by atoms with E-state index < -0.39 is 0 Å². The van der Waals surface area contributed by atoms with Crippen molar-refractivity contribution in [2.45, 2.75) is 26.2 Å². The zero-order valence-corrected chi connectivity index (χ0v) is 10.9. The fraction of sp³-hybridized carbons (Fsp3) is 0.333.